The quantitative estimate of drug-likeness (QED) is 0.363. The predicted octanol–water partition coefficient (Wildman–Crippen LogP) is 5.84. The molecule has 0 radical (unpaired) electrons. The lowest BCUT2D eigenvalue weighted by molar-refractivity contribution is 0.0917. The van der Waals surface area contributed by atoms with Crippen molar-refractivity contribution in [2.24, 2.45) is 0 Å². The third-order valence-electron chi connectivity index (χ3n) is 4.58. The Labute approximate surface area is 146 Å². The summed E-state index contributed by atoms with van der Waals surface area (Å²) in [5, 5.41) is 0. The maximum Gasteiger partial charge on any atom is 0.185 e. The lowest BCUT2D eigenvalue weighted by atomic mass is 9.98. The molecule has 1 atom stereocenters. The predicted molar refractivity (Wildman–Crippen MR) is 99.3 cm³/mol. The maximum atomic E-state index is 12.8. The van der Waals surface area contributed by atoms with Gasteiger partial charge in [0.2, 0.25) is 0 Å². The van der Waals surface area contributed by atoms with Crippen LogP contribution in [0.4, 0.5) is 0 Å². The van der Waals surface area contributed by atoms with Gasteiger partial charge in [0.1, 0.15) is 0 Å². The van der Waals surface area contributed by atoms with Gasteiger partial charge in [-0.2, -0.15) is 0 Å². The minimum absolute atomic E-state index is 0.130. The number of hydrogen-bond acceptors (Lipinski definition) is 2. The number of carbonyl (C=O) groups is 1. The van der Waals surface area contributed by atoms with E-state index >= 15 is 0 Å². The van der Waals surface area contributed by atoms with Crippen molar-refractivity contribution in [1.29, 1.82) is 0 Å². The summed E-state index contributed by atoms with van der Waals surface area (Å²) in [4.78, 5) is 16.9. The minimum atomic E-state index is -0.130. The van der Waals surface area contributed by atoms with Crippen LogP contribution >= 0.6 is 0 Å². The molecule has 0 fully saturated rings. The molecule has 1 unspecified atom stereocenters. The van der Waals surface area contributed by atoms with E-state index in [2.05, 4.69) is 11.9 Å². The summed E-state index contributed by atoms with van der Waals surface area (Å²) in [7, 11) is 0. The summed E-state index contributed by atoms with van der Waals surface area (Å²) in [5.74, 6) is 0.191. The van der Waals surface area contributed by atoms with Crippen LogP contribution in [0.25, 0.3) is 0 Å². The molecule has 0 aliphatic heterocycles. The van der Waals surface area contributed by atoms with Crippen molar-refractivity contribution in [2.75, 3.05) is 0 Å². The third-order valence-corrected chi connectivity index (χ3v) is 4.58. The summed E-state index contributed by atoms with van der Waals surface area (Å²) >= 11 is 0. The molecule has 24 heavy (non-hydrogen) atoms. The van der Waals surface area contributed by atoms with E-state index in [4.69, 9.17) is 0 Å². The highest BCUT2D eigenvalue weighted by molar-refractivity contribution is 5.98. The van der Waals surface area contributed by atoms with E-state index in [9.17, 15) is 4.79 Å². The Bertz CT molecular complexity index is 563. The Morgan fingerprint density at radius 1 is 1.00 bits per heavy atom. The van der Waals surface area contributed by atoms with Crippen LogP contribution in [0, 0.1) is 0 Å². The molecule has 0 saturated heterocycles. The van der Waals surface area contributed by atoms with E-state index in [1.165, 1.54) is 44.9 Å². The zero-order valence-corrected chi connectivity index (χ0v) is 14.9. The van der Waals surface area contributed by atoms with Crippen LogP contribution in [0.5, 0.6) is 0 Å². The van der Waals surface area contributed by atoms with Gasteiger partial charge < -0.3 is 4.57 Å². The lowest BCUT2D eigenvalue weighted by Gasteiger charge is -2.17. The summed E-state index contributed by atoms with van der Waals surface area (Å²) in [6, 6.07) is 9.47. The van der Waals surface area contributed by atoms with Crippen LogP contribution in [0.15, 0.2) is 49.1 Å². The second-order valence-corrected chi connectivity index (χ2v) is 6.52. The van der Waals surface area contributed by atoms with Crippen molar-refractivity contribution in [3.05, 3.63) is 54.6 Å². The molecule has 3 nitrogen and oxygen atoms in total. The normalized spacial score (nSPS) is 12.2. The average molecular weight is 326 g/mol. The molecule has 0 aliphatic rings. The van der Waals surface area contributed by atoms with Gasteiger partial charge in [-0.3, -0.25) is 4.79 Å². The SMILES string of the molecule is CCCCCCCCCCC(C(=O)c1ccccc1)n1ccnc1. The van der Waals surface area contributed by atoms with Gasteiger partial charge in [0, 0.05) is 18.0 Å². The van der Waals surface area contributed by atoms with E-state index in [0.717, 1.165) is 18.4 Å². The second kappa shape index (κ2) is 10.8. The van der Waals surface area contributed by atoms with Crippen molar-refractivity contribution in [3.63, 3.8) is 0 Å². The van der Waals surface area contributed by atoms with E-state index in [0.29, 0.717) is 0 Å². The van der Waals surface area contributed by atoms with Crippen molar-refractivity contribution >= 4 is 5.78 Å². The Hall–Kier alpha value is -1.90. The molecule has 0 N–H and O–H groups in total. The highest BCUT2D eigenvalue weighted by Gasteiger charge is 2.20. The number of rotatable bonds is 12. The summed E-state index contributed by atoms with van der Waals surface area (Å²) in [6.45, 7) is 2.25. The molecule has 130 valence electrons. The molecule has 1 heterocycles. The number of benzene rings is 1. The van der Waals surface area contributed by atoms with Crippen molar-refractivity contribution in [2.45, 2.75) is 70.8 Å². The van der Waals surface area contributed by atoms with Crippen LogP contribution in [-0.2, 0) is 0 Å². The number of aromatic nitrogens is 2. The third kappa shape index (κ3) is 5.95. The second-order valence-electron chi connectivity index (χ2n) is 6.52. The monoisotopic (exact) mass is 326 g/mol. The Balaban J connectivity index is 1.81. The molecule has 0 bridgehead atoms. The van der Waals surface area contributed by atoms with E-state index in [1.807, 2.05) is 41.1 Å². The van der Waals surface area contributed by atoms with Crippen molar-refractivity contribution in [3.8, 4) is 0 Å². The van der Waals surface area contributed by atoms with Crippen molar-refractivity contribution < 1.29 is 4.79 Å². The van der Waals surface area contributed by atoms with Gasteiger partial charge in [-0.25, -0.2) is 4.98 Å². The molecule has 2 aromatic rings. The molecule has 0 amide bonds. The molecule has 0 aliphatic carbocycles. The summed E-state index contributed by atoms with van der Waals surface area (Å²) in [6.07, 6.45) is 16.6. The maximum absolute atomic E-state index is 12.8. The number of nitrogens with zero attached hydrogens (tertiary/aromatic N) is 2. The molecular weight excluding hydrogens is 296 g/mol. The van der Waals surface area contributed by atoms with Gasteiger partial charge in [0.25, 0.3) is 0 Å². The Kier molecular flexibility index (Phi) is 8.29. The number of carbonyl (C=O) groups excluding carboxylic acids is 1. The van der Waals surface area contributed by atoms with E-state index < -0.39 is 0 Å². The lowest BCUT2D eigenvalue weighted by Crippen LogP contribution is -2.18. The van der Waals surface area contributed by atoms with E-state index in [1.54, 1.807) is 12.5 Å². The Morgan fingerprint density at radius 2 is 1.67 bits per heavy atom. The zero-order valence-electron chi connectivity index (χ0n) is 14.9. The first-order valence-corrected chi connectivity index (χ1v) is 9.39. The molecule has 3 heteroatoms. The van der Waals surface area contributed by atoms with Gasteiger partial charge in [-0.1, -0.05) is 88.6 Å². The first-order valence-electron chi connectivity index (χ1n) is 9.39. The van der Waals surface area contributed by atoms with Crippen LogP contribution in [0.2, 0.25) is 0 Å². The highest BCUT2D eigenvalue weighted by atomic mass is 16.1. The van der Waals surface area contributed by atoms with Gasteiger partial charge >= 0.3 is 0 Å². The molecular formula is C21H30N2O. The summed E-state index contributed by atoms with van der Waals surface area (Å²) in [5.41, 5.74) is 0.788. The fourth-order valence-corrected chi connectivity index (χ4v) is 3.14. The van der Waals surface area contributed by atoms with Gasteiger partial charge in [-0.15, -0.1) is 0 Å². The zero-order chi connectivity index (χ0) is 17.0. The fraction of sp³-hybridized carbons (Fsp3) is 0.524. The first-order chi connectivity index (χ1) is 11.8. The van der Waals surface area contributed by atoms with Crippen LogP contribution in [0.1, 0.15) is 81.1 Å². The van der Waals surface area contributed by atoms with Crippen LogP contribution < -0.4 is 0 Å². The first kappa shape index (κ1) is 18.4. The minimum Gasteiger partial charge on any atom is -0.327 e. The Morgan fingerprint density at radius 3 is 2.29 bits per heavy atom. The molecule has 0 saturated carbocycles. The smallest absolute Gasteiger partial charge is 0.185 e. The molecule has 1 aromatic carbocycles. The van der Waals surface area contributed by atoms with Gasteiger partial charge in [-0.05, 0) is 6.42 Å². The fourth-order valence-electron chi connectivity index (χ4n) is 3.14. The van der Waals surface area contributed by atoms with Crippen molar-refractivity contribution in [1.82, 2.24) is 9.55 Å². The topological polar surface area (TPSA) is 34.9 Å². The average Bonchev–Trinajstić information content (AvgIpc) is 3.15. The number of unbranched alkanes of at least 4 members (excludes halogenated alkanes) is 7. The summed E-state index contributed by atoms with van der Waals surface area (Å²) < 4.78 is 1.95. The number of Topliss-reactive ketones (excluding diaryl/α,β-unsaturated/α-hetero) is 1. The molecule has 1 aromatic heterocycles. The number of imidazole rings is 1. The molecule has 0 spiro atoms. The number of ketones is 1. The highest BCUT2D eigenvalue weighted by Crippen LogP contribution is 2.22. The van der Waals surface area contributed by atoms with Crippen LogP contribution in [0.3, 0.4) is 0 Å². The van der Waals surface area contributed by atoms with Crippen LogP contribution in [-0.4, -0.2) is 15.3 Å². The standard InChI is InChI=1S/C21H30N2O/c1-2-3-4-5-6-7-8-12-15-20(23-17-16-22-18-23)21(24)19-13-10-9-11-14-19/h9-11,13-14,16-18,20H,2-8,12,15H2,1H3. The largest absolute Gasteiger partial charge is 0.327 e. The number of hydrogen-bond donors (Lipinski definition) is 0. The molecule has 2 rings (SSSR count). The van der Waals surface area contributed by atoms with Gasteiger partial charge in [0.15, 0.2) is 5.78 Å². The van der Waals surface area contributed by atoms with Gasteiger partial charge in [0.05, 0.1) is 12.4 Å². The van der Waals surface area contributed by atoms with E-state index in [-0.39, 0.29) is 11.8 Å².